The standard InChI is InChI=1S/C17H19NO2S/c1-20-17(19)16(18)12-21-11-13-7-9-15(10-8-13)14-5-3-2-4-6-14/h2-10,16H,11-12,18H2,1H3. The van der Waals surface area contributed by atoms with Crippen molar-refractivity contribution in [2.24, 2.45) is 5.73 Å². The van der Waals surface area contributed by atoms with Gasteiger partial charge in [-0.05, 0) is 16.7 Å². The zero-order valence-corrected chi connectivity index (χ0v) is 12.8. The number of carbonyl (C=O) groups excluding carboxylic acids is 1. The topological polar surface area (TPSA) is 52.3 Å². The maximum atomic E-state index is 11.2. The van der Waals surface area contributed by atoms with Crippen LogP contribution in [0.3, 0.4) is 0 Å². The van der Waals surface area contributed by atoms with E-state index in [4.69, 9.17) is 5.73 Å². The van der Waals surface area contributed by atoms with Crippen molar-refractivity contribution in [3.05, 3.63) is 60.2 Å². The van der Waals surface area contributed by atoms with Crippen molar-refractivity contribution in [1.29, 1.82) is 0 Å². The van der Waals surface area contributed by atoms with Crippen molar-refractivity contribution >= 4 is 17.7 Å². The summed E-state index contributed by atoms with van der Waals surface area (Å²) in [6.45, 7) is 0. The Labute approximate surface area is 129 Å². The highest BCUT2D eigenvalue weighted by Crippen LogP contribution is 2.21. The normalized spacial score (nSPS) is 11.9. The lowest BCUT2D eigenvalue weighted by atomic mass is 10.0. The molecule has 4 heteroatoms. The van der Waals surface area contributed by atoms with Crippen molar-refractivity contribution in [3.63, 3.8) is 0 Å². The zero-order valence-electron chi connectivity index (χ0n) is 12.0. The highest BCUT2D eigenvalue weighted by atomic mass is 32.2. The Hall–Kier alpha value is -1.78. The Morgan fingerprint density at radius 1 is 1.10 bits per heavy atom. The monoisotopic (exact) mass is 301 g/mol. The summed E-state index contributed by atoms with van der Waals surface area (Å²) in [5, 5.41) is 0. The molecule has 0 bridgehead atoms. The molecular formula is C17H19NO2S. The second-order valence-electron chi connectivity index (χ2n) is 4.71. The Bertz CT molecular complexity index is 569. The van der Waals surface area contributed by atoms with E-state index in [1.165, 1.54) is 23.8 Å². The van der Waals surface area contributed by atoms with E-state index in [1.807, 2.05) is 18.2 Å². The summed E-state index contributed by atoms with van der Waals surface area (Å²) < 4.78 is 4.60. The van der Waals surface area contributed by atoms with E-state index in [1.54, 1.807) is 11.8 Å². The Morgan fingerprint density at radius 2 is 1.71 bits per heavy atom. The van der Waals surface area contributed by atoms with Crippen LogP contribution in [0.25, 0.3) is 11.1 Å². The number of esters is 1. The first-order valence-electron chi connectivity index (χ1n) is 6.76. The van der Waals surface area contributed by atoms with Crippen LogP contribution in [0.1, 0.15) is 5.56 Å². The maximum Gasteiger partial charge on any atom is 0.323 e. The van der Waals surface area contributed by atoms with Gasteiger partial charge in [-0.1, -0.05) is 54.6 Å². The van der Waals surface area contributed by atoms with Crippen LogP contribution < -0.4 is 5.73 Å². The van der Waals surface area contributed by atoms with Crippen LogP contribution in [-0.4, -0.2) is 24.9 Å². The Kier molecular flexibility index (Phi) is 5.84. The van der Waals surface area contributed by atoms with Crippen LogP contribution >= 0.6 is 11.8 Å². The van der Waals surface area contributed by atoms with Gasteiger partial charge in [0.1, 0.15) is 6.04 Å². The predicted octanol–water partition coefficient (Wildman–Crippen LogP) is 3.09. The summed E-state index contributed by atoms with van der Waals surface area (Å²) in [5.74, 6) is 1.04. The molecule has 0 fully saturated rings. The SMILES string of the molecule is COC(=O)C(N)CSCc1ccc(-c2ccccc2)cc1. The van der Waals surface area contributed by atoms with Crippen LogP contribution in [-0.2, 0) is 15.3 Å². The van der Waals surface area contributed by atoms with Crippen LogP contribution in [0.5, 0.6) is 0 Å². The summed E-state index contributed by atoms with van der Waals surface area (Å²) in [5.41, 5.74) is 9.33. The molecule has 3 nitrogen and oxygen atoms in total. The Balaban J connectivity index is 1.87. The quantitative estimate of drug-likeness (QED) is 0.833. The highest BCUT2D eigenvalue weighted by molar-refractivity contribution is 7.98. The van der Waals surface area contributed by atoms with E-state index in [0.29, 0.717) is 5.75 Å². The number of benzene rings is 2. The van der Waals surface area contributed by atoms with Gasteiger partial charge in [0, 0.05) is 11.5 Å². The lowest BCUT2D eigenvalue weighted by Gasteiger charge is -2.09. The van der Waals surface area contributed by atoms with E-state index in [0.717, 1.165) is 5.75 Å². The molecule has 110 valence electrons. The number of thioether (sulfide) groups is 1. The minimum absolute atomic E-state index is 0.359. The van der Waals surface area contributed by atoms with Gasteiger partial charge in [0.2, 0.25) is 0 Å². The molecule has 0 aliphatic heterocycles. The number of rotatable bonds is 6. The van der Waals surface area contributed by atoms with Crippen LogP contribution in [0.4, 0.5) is 0 Å². The summed E-state index contributed by atoms with van der Waals surface area (Å²) in [6.07, 6.45) is 0. The minimum atomic E-state index is -0.552. The predicted molar refractivity (Wildman–Crippen MR) is 88.0 cm³/mol. The molecule has 0 radical (unpaired) electrons. The van der Waals surface area contributed by atoms with E-state index >= 15 is 0 Å². The van der Waals surface area contributed by atoms with Crippen molar-refractivity contribution in [2.45, 2.75) is 11.8 Å². The van der Waals surface area contributed by atoms with Gasteiger partial charge in [-0.2, -0.15) is 11.8 Å². The number of methoxy groups -OCH3 is 1. The fraction of sp³-hybridized carbons (Fsp3) is 0.235. The first-order valence-corrected chi connectivity index (χ1v) is 7.91. The minimum Gasteiger partial charge on any atom is -0.468 e. The molecule has 2 aromatic carbocycles. The number of carbonyl (C=O) groups is 1. The third-order valence-corrected chi connectivity index (χ3v) is 4.26. The molecule has 1 unspecified atom stereocenters. The molecule has 0 saturated carbocycles. The molecule has 2 rings (SSSR count). The summed E-state index contributed by atoms with van der Waals surface area (Å²) in [7, 11) is 1.36. The van der Waals surface area contributed by atoms with Gasteiger partial charge in [-0.3, -0.25) is 4.79 Å². The highest BCUT2D eigenvalue weighted by Gasteiger charge is 2.13. The summed E-state index contributed by atoms with van der Waals surface area (Å²) >= 11 is 1.63. The second-order valence-corrected chi connectivity index (χ2v) is 5.74. The number of ether oxygens (including phenoxy) is 1. The molecule has 21 heavy (non-hydrogen) atoms. The number of hydrogen-bond acceptors (Lipinski definition) is 4. The first kappa shape index (κ1) is 15.6. The molecule has 2 N–H and O–H groups in total. The first-order chi connectivity index (χ1) is 10.2. The second kappa shape index (κ2) is 7.86. The fourth-order valence-electron chi connectivity index (χ4n) is 1.95. The average Bonchev–Trinajstić information content (AvgIpc) is 2.55. The number of nitrogens with two attached hydrogens (primary N) is 1. The third-order valence-electron chi connectivity index (χ3n) is 3.13. The van der Waals surface area contributed by atoms with Crippen LogP contribution in [0.15, 0.2) is 54.6 Å². The third kappa shape index (κ3) is 4.62. The smallest absolute Gasteiger partial charge is 0.323 e. The molecule has 0 aromatic heterocycles. The van der Waals surface area contributed by atoms with Crippen LogP contribution in [0.2, 0.25) is 0 Å². The number of hydrogen-bond donors (Lipinski definition) is 1. The molecular weight excluding hydrogens is 282 g/mol. The molecule has 0 saturated heterocycles. The molecule has 2 aromatic rings. The van der Waals surface area contributed by atoms with Gasteiger partial charge in [-0.25, -0.2) is 0 Å². The molecule has 0 heterocycles. The maximum absolute atomic E-state index is 11.2. The van der Waals surface area contributed by atoms with Gasteiger partial charge >= 0.3 is 5.97 Å². The van der Waals surface area contributed by atoms with Crippen molar-refractivity contribution in [1.82, 2.24) is 0 Å². The average molecular weight is 301 g/mol. The largest absolute Gasteiger partial charge is 0.468 e. The van der Waals surface area contributed by atoms with Gasteiger partial charge in [-0.15, -0.1) is 0 Å². The lowest BCUT2D eigenvalue weighted by molar-refractivity contribution is -0.141. The van der Waals surface area contributed by atoms with E-state index < -0.39 is 6.04 Å². The summed E-state index contributed by atoms with van der Waals surface area (Å²) in [6, 6.07) is 18.2. The van der Waals surface area contributed by atoms with Crippen molar-refractivity contribution < 1.29 is 9.53 Å². The fourth-order valence-corrected chi connectivity index (χ4v) is 2.88. The molecule has 0 aliphatic carbocycles. The van der Waals surface area contributed by atoms with Gasteiger partial charge in [0.15, 0.2) is 0 Å². The van der Waals surface area contributed by atoms with Crippen molar-refractivity contribution in [3.8, 4) is 11.1 Å². The van der Waals surface area contributed by atoms with Gasteiger partial charge < -0.3 is 10.5 Å². The van der Waals surface area contributed by atoms with E-state index in [9.17, 15) is 4.79 Å². The molecule has 1 atom stereocenters. The van der Waals surface area contributed by atoms with Crippen LogP contribution in [0, 0.1) is 0 Å². The molecule has 0 amide bonds. The summed E-state index contributed by atoms with van der Waals surface area (Å²) in [4.78, 5) is 11.2. The molecule has 0 aliphatic rings. The van der Waals surface area contributed by atoms with Gasteiger partial charge in [0.25, 0.3) is 0 Å². The van der Waals surface area contributed by atoms with E-state index in [-0.39, 0.29) is 5.97 Å². The lowest BCUT2D eigenvalue weighted by Crippen LogP contribution is -2.33. The van der Waals surface area contributed by atoms with E-state index in [2.05, 4.69) is 41.1 Å². The van der Waals surface area contributed by atoms with Crippen molar-refractivity contribution in [2.75, 3.05) is 12.9 Å². The van der Waals surface area contributed by atoms with Gasteiger partial charge in [0.05, 0.1) is 7.11 Å². The molecule has 0 spiro atoms. The zero-order chi connectivity index (χ0) is 15.1. The Morgan fingerprint density at radius 3 is 2.33 bits per heavy atom.